The number of carboxylic acids is 1. The van der Waals surface area contributed by atoms with E-state index in [-0.39, 0.29) is 5.92 Å². The van der Waals surface area contributed by atoms with E-state index < -0.39 is 5.97 Å². The summed E-state index contributed by atoms with van der Waals surface area (Å²) in [7, 11) is 0. The summed E-state index contributed by atoms with van der Waals surface area (Å²) in [6.45, 7) is 1.68. The van der Waals surface area contributed by atoms with E-state index in [1.54, 1.807) is 6.92 Å². The monoisotopic (exact) mass is 134 g/mol. The molecule has 0 aliphatic carbocycles. The van der Waals surface area contributed by atoms with E-state index in [0.29, 0.717) is 12.2 Å². The fraction of sp³-hybridized carbons (Fsp3) is 0.800. The Kier molecular flexibility index (Phi) is 3.69. The predicted molar refractivity (Wildman–Crippen MR) is 35.3 cm³/mol. The molecule has 0 fully saturated rings. The second-order valence-corrected chi connectivity index (χ2v) is 2.20. The van der Waals surface area contributed by atoms with Gasteiger partial charge in [0.1, 0.15) is 0 Å². The predicted octanol–water partition coefficient (Wildman–Crippen LogP) is 1.03. The van der Waals surface area contributed by atoms with Crippen molar-refractivity contribution in [3.63, 3.8) is 0 Å². The maximum Gasteiger partial charge on any atom is 0.306 e. The summed E-state index contributed by atoms with van der Waals surface area (Å²) < 4.78 is 0. The highest BCUT2D eigenvalue weighted by Crippen LogP contribution is 2.01. The van der Waals surface area contributed by atoms with Crippen molar-refractivity contribution >= 4 is 18.6 Å². The van der Waals surface area contributed by atoms with Crippen molar-refractivity contribution in [2.75, 3.05) is 5.75 Å². The van der Waals surface area contributed by atoms with Gasteiger partial charge < -0.3 is 5.11 Å². The molecule has 1 unspecified atom stereocenters. The quantitative estimate of drug-likeness (QED) is 0.566. The first-order chi connectivity index (χ1) is 3.68. The van der Waals surface area contributed by atoms with Crippen molar-refractivity contribution < 1.29 is 9.90 Å². The van der Waals surface area contributed by atoms with E-state index in [9.17, 15) is 4.79 Å². The lowest BCUT2D eigenvalue weighted by molar-refractivity contribution is -0.141. The molecule has 0 spiro atoms. The Morgan fingerprint density at radius 3 is 2.50 bits per heavy atom. The normalized spacial score (nSPS) is 13.2. The molecule has 0 heterocycles. The summed E-state index contributed by atoms with van der Waals surface area (Å²) in [6.07, 6.45) is 0.651. The number of hydrogen-bond acceptors (Lipinski definition) is 2. The van der Waals surface area contributed by atoms with Crippen LogP contribution in [0.1, 0.15) is 13.3 Å². The van der Waals surface area contributed by atoms with E-state index in [2.05, 4.69) is 12.6 Å². The van der Waals surface area contributed by atoms with Gasteiger partial charge in [0, 0.05) is 0 Å². The van der Waals surface area contributed by atoms with Gasteiger partial charge in [-0.3, -0.25) is 4.79 Å². The van der Waals surface area contributed by atoms with Crippen molar-refractivity contribution in [1.29, 1.82) is 0 Å². The van der Waals surface area contributed by atoms with E-state index in [1.165, 1.54) is 0 Å². The minimum absolute atomic E-state index is 0.243. The molecule has 0 aromatic carbocycles. The third-order valence-corrected chi connectivity index (χ3v) is 1.24. The largest absolute Gasteiger partial charge is 0.481 e. The van der Waals surface area contributed by atoms with Crippen LogP contribution in [0.15, 0.2) is 0 Å². The van der Waals surface area contributed by atoms with E-state index in [4.69, 9.17) is 5.11 Å². The Morgan fingerprint density at radius 1 is 1.88 bits per heavy atom. The maximum atomic E-state index is 10.1. The fourth-order valence-corrected chi connectivity index (χ4v) is 0.704. The van der Waals surface area contributed by atoms with Gasteiger partial charge in [-0.25, -0.2) is 0 Å². The van der Waals surface area contributed by atoms with Crippen LogP contribution in [0.2, 0.25) is 0 Å². The molecule has 0 saturated heterocycles. The van der Waals surface area contributed by atoms with E-state index >= 15 is 0 Å². The lowest BCUT2D eigenvalue weighted by atomic mass is 10.1. The molecule has 1 atom stereocenters. The smallest absolute Gasteiger partial charge is 0.306 e. The Hall–Kier alpha value is -0.180. The maximum absolute atomic E-state index is 10.1. The lowest BCUT2D eigenvalue weighted by Crippen LogP contribution is -2.09. The lowest BCUT2D eigenvalue weighted by Gasteiger charge is -1.99. The van der Waals surface area contributed by atoms with Gasteiger partial charge in [-0.2, -0.15) is 12.6 Å². The summed E-state index contributed by atoms with van der Waals surface area (Å²) in [5, 5.41) is 8.28. The van der Waals surface area contributed by atoms with Crippen molar-refractivity contribution in [2.45, 2.75) is 13.3 Å². The minimum Gasteiger partial charge on any atom is -0.481 e. The highest BCUT2D eigenvalue weighted by Gasteiger charge is 2.07. The first-order valence-electron chi connectivity index (χ1n) is 2.52. The average molecular weight is 134 g/mol. The summed E-state index contributed by atoms with van der Waals surface area (Å²) in [5.41, 5.74) is 0. The Bertz CT molecular complexity index is 82.5. The van der Waals surface area contributed by atoms with Crippen LogP contribution in [0.25, 0.3) is 0 Å². The van der Waals surface area contributed by atoms with Crippen LogP contribution in [0.4, 0.5) is 0 Å². The number of hydrogen-bond donors (Lipinski definition) is 2. The molecular formula is C5H10O2S. The molecule has 1 N–H and O–H groups in total. The first-order valence-corrected chi connectivity index (χ1v) is 3.15. The van der Waals surface area contributed by atoms with Gasteiger partial charge in [-0.1, -0.05) is 6.92 Å². The molecular weight excluding hydrogens is 124 g/mol. The van der Waals surface area contributed by atoms with E-state index in [1.807, 2.05) is 0 Å². The SMILES string of the molecule is CC(CCS)C(=O)O. The van der Waals surface area contributed by atoms with Gasteiger partial charge in [0.15, 0.2) is 0 Å². The van der Waals surface area contributed by atoms with Crippen LogP contribution in [0.3, 0.4) is 0 Å². The molecule has 48 valence electrons. The van der Waals surface area contributed by atoms with Gasteiger partial charge in [-0.15, -0.1) is 0 Å². The Morgan fingerprint density at radius 2 is 2.38 bits per heavy atom. The molecule has 0 rings (SSSR count). The average Bonchev–Trinajstić information content (AvgIpc) is 1.67. The molecule has 2 nitrogen and oxygen atoms in total. The number of carboxylic acid groups (broad SMARTS) is 1. The second-order valence-electron chi connectivity index (χ2n) is 1.75. The zero-order chi connectivity index (χ0) is 6.57. The fourth-order valence-electron chi connectivity index (χ4n) is 0.317. The molecule has 8 heavy (non-hydrogen) atoms. The molecule has 0 amide bonds. The zero-order valence-electron chi connectivity index (χ0n) is 4.79. The van der Waals surface area contributed by atoms with E-state index in [0.717, 1.165) is 0 Å². The molecule has 0 saturated carbocycles. The zero-order valence-corrected chi connectivity index (χ0v) is 5.69. The van der Waals surface area contributed by atoms with Crippen LogP contribution in [0.5, 0.6) is 0 Å². The molecule has 3 heteroatoms. The Labute approximate surface area is 54.3 Å². The highest BCUT2D eigenvalue weighted by atomic mass is 32.1. The second kappa shape index (κ2) is 3.78. The van der Waals surface area contributed by atoms with Crippen LogP contribution in [-0.4, -0.2) is 16.8 Å². The van der Waals surface area contributed by atoms with Gasteiger partial charge >= 0.3 is 5.97 Å². The van der Waals surface area contributed by atoms with Crippen molar-refractivity contribution in [3.8, 4) is 0 Å². The van der Waals surface area contributed by atoms with Gasteiger partial charge in [0.2, 0.25) is 0 Å². The first kappa shape index (κ1) is 7.82. The van der Waals surface area contributed by atoms with Crippen LogP contribution < -0.4 is 0 Å². The number of rotatable bonds is 3. The van der Waals surface area contributed by atoms with Crippen molar-refractivity contribution in [3.05, 3.63) is 0 Å². The summed E-state index contributed by atoms with van der Waals surface area (Å²) in [4.78, 5) is 10.1. The van der Waals surface area contributed by atoms with Crippen molar-refractivity contribution in [2.24, 2.45) is 5.92 Å². The minimum atomic E-state index is -0.737. The molecule has 0 aromatic rings. The van der Waals surface area contributed by atoms with Crippen molar-refractivity contribution in [1.82, 2.24) is 0 Å². The molecule has 0 radical (unpaired) electrons. The number of carbonyl (C=O) groups is 1. The van der Waals surface area contributed by atoms with Crippen LogP contribution in [0, 0.1) is 5.92 Å². The molecule has 0 aromatic heterocycles. The summed E-state index contributed by atoms with van der Waals surface area (Å²) in [6, 6.07) is 0. The number of aliphatic carboxylic acids is 1. The Balaban J connectivity index is 3.32. The van der Waals surface area contributed by atoms with Crippen LogP contribution in [-0.2, 0) is 4.79 Å². The summed E-state index contributed by atoms with van der Waals surface area (Å²) in [5.74, 6) is -0.334. The molecule has 0 aliphatic heterocycles. The standard InChI is InChI=1S/C5H10O2S/c1-4(2-3-8)5(6)7/h4,8H,2-3H2,1H3,(H,6,7). The van der Waals surface area contributed by atoms with Gasteiger partial charge in [-0.05, 0) is 12.2 Å². The number of thiol groups is 1. The third-order valence-electron chi connectivity index (χ3n) is 0.984. The molecule has 0 bridgehead atoms. The molecule has 0 aliphatic rings. The third kappa shape index (κ3) is 2.91. The van der Waals surface area contributed by atoms with Crippen LogP contribution >= 0.6 is 12.6 Å². The summed E-state index contributed by atoms with van der Waals surface area (Å²) >= 11 is 3.89. The topological polar surface area (TPSA) is 37.3 Å². The highest BCUT2D eigenvalue weighted by molar-refractivity contribution is 7.80. The van der Waals surface area contributed by atoms with Gasteiger partial charge in [0.05, 0.1) is 5.92 Å². The van der Waals surface area contributed by atoms with Gasteiger partial charge in [0.25, 0.3) is 0 Å².